The van der Waals surface area contributed by atoms with E-state index in [0.717, 1.165) is 16.0 Å². The fourth-order valence-electron chi connectivity index (χ4n) is 3.87. The highest BCUT2D eigenvalue weighted by molar-refractivity contribution is 7.89. The number of fused-ring (bicyclic) bond motifs is 1. The first kappa shape index (κ1) is 25.2. The van der Waals surface area contributed by atoms with E-state index in [1.807, 2.05) is 50.4 Å². The highest BCUT2D eigenvalue weighted by Gasteiger charge is 2.32. The number of rotatable bonds is 10. The van der Waals surface area contributed by atoms with Gasteiger partial charge in [0.15, 0.2) is 11.5 Å². The highest BCUT2D eigenvalue weighted by Crippen LogP contribution is 2.33. The molecule has 0 N–H and O–H groups in total. The first-order valence-corrected chi connectivity index (χ1v) is 13.9. The van der Waals surface area contributed by atoms with Crippen molar-refractivity contribution in [1.29, 1.82) is 0 Å². The van der Waals surface area contributed by atoms with E-state index in [4.69, 9.17) is 9.47 Å². The number of benzene rings is 2. The molecular formula is C26H30N2O5S2. The van der Waals surface area contributed by atoms with Crippen LogP contribution in [0.4, 0.5) is 0 Å². The minimum absolute atomic E-state index is 0.178. The van der Waals surface area contributed by atoms with Crippen molar-refractivity contribution < 1.29 is 22.7 Å². The van der Waals surface area contributed by atoms with Gasteiger partial charge < -0.3 is 14.4 Å². The fourth-order valence-corrected chi connectivity index (χ4v) is 6.47. The number of ether oxygens (including phenoxy) is 2. The molecule has 7 nitrogen and oxygen atoms in total. The van der Waals surface area contributed by atoms with E-state index >= 15 is 0 Å². The molecule has 186 valence electrons. The van der Waals surface area contributed by atoms with Crippen molar-refractivity contribution in [2.24, 2.45) is 0 Å². The SMILES string of the molecule is CC[C@H](C)N(CC(=O)N(Cc1ccc2c(c1)OCO2)Cc1sccc1C)S(=O)(=O)c1ccccc1. The molecule has 35 heavy (non-hydrogen) atoms. The summed E-state index contributed by atoms with van der Waals surface area (Å²) in [5.41, 5.74) is 1.99. The van der Waals surface area contributed by atoms with Crippen molar-refractivity contribution in [2.45, 2.75) is 51.2 Å². The Hall–Kier alpha value is -2.88. The number of carbonyl (C=O) groups is 1. The molecule has 0 saturated heterocycles. The summed E-state index contributed by atoms with van der Waals surface area (Å²) in [4.78, 5) is 16.7. The van der Waals surface area contributed by atoms with Gasteiger partial charge in [-0.3, -0.25) is 4.79 Å². The van der Waals surface area contributed by atoms with Gasteiger partial charge in [0.1, 0.15) is 0 Å². The predicted molar refractivity (Wildman–Crippen MR) is 136 cm³/mol. The second-order valence-electron chi connectivity index (χ2n) is 8.58. The molecule has 9 heteroatoms. The molecule has 0 radical (unpaired) electrons. The normalized spacial score (nSPS) is 13.7. The third-order valence-electron chi connectivity index (χ3n) is 6.19. The summed E-state index contributed by atoms with van der Waals surface area (Å²) in [5.74, 6) is 1.07. The molecule has 2 heterocycles. The Morgan fingerprint density at radius 2 is 1.80 bits per heavy atom. The molecule has 0 saturated carbocycles. The average Bonchev–Trinajstić information content (AvgIpc) is 3.50. The summed E-state index contributed by atoms with van der Waals surface area (Å²) in [6.45, 7) is 6.43. The second-order valence-corrected chi connectivity index (χ2v) is 11.5. The maximum absolute atomic E-state index is 13.7. The molecule has 1 amide bonds. The number of carbonyl (C=O) groups excluding carboxylic acids is 1. The maximum atomic E-state index is 13.7. The number of sulfonamides is 1. The number of aryl methyl sites for hydroxylation is 1. The van der Waals surface area contributed by atoms with Gasteiger partial charge in [0, 0.05) is 17.5 Å². The van der Waals surface area contributed by atoms with E-state index in [1.165, 1.54) is 4.31 Å². The summed E-state index contributed by atoms with van der Waals surface area (Å²) in [6, 6.07) is 15.6. The van der Waals surface area contributed by atoms with Crippen LogP contribution in [0, 0.1) is 6.92 Å². The summed E-state index contributed by atoms with van der Waals surface area (Å²) >= 11 is 1.59. The minimum atomic E-state index is -3.84. The zero-order valence-electron chi connectivity index (χ0n) is 20.1. The zero-order valence-corrected chi connectivity index (χ0v) is 21.8. The van der Waals surface area contributed by atoms with Gasteiger partial charge in [0.2, 0.25) is 22.7 Å². The van der Waals surface area contributed by atoms with Crippen LogP contribution in [0.15, 0.2) is 64.9 Å². The van der Waals surface area contributed by atoms with Crippen molar-refractivity contribution >= 4 is 27.3 Å². The van der Waals surface area contributed by atoms with E-state index in [0.29, 0.717) is 31.0 Å². The molecular weight excluding hydrogens is 484 g/mol. The lowest BCUT2D eigenvalue weighted by Gasteiger charge is -2.30. The van der Waals surface area contributed by atoms with Crippen molar-refractivity contribution in [3.63, 3.8) is 0 Å². The minimum Gasteiger partial charge on any atom is -0.454 e. The van der Waals surface area contributed by atoms with Crippen LogP contribution in [0.2, 0.25) is 0 Å². The van der Waals surface area contributed by atoms with Crippen molar-refractivity contribution in [3.8, 4) is 11.5 Å². The summed E-state index contributed by atoms with van der Waals surface area (Å²) in [6.07, 6.45) is 0.589. The third-order valence-corrected chi connectivity index (χ3v) is 9.17. The summed E-state index contributed by atoms with van der Waals surface area (Å²) in [5, 5.41) is 2.00. The summed E-state index contributed by atoms with van der Waals surface area (Å²) in [7, 11) is -3.84. The van der Waals surface area contributed by atoms with E-state index < -0.39 is 10.0 Å². The molecule has 1 atom stereocenters. The van der Waals surface area contributed by atoms with Gasteiger partial charge in [-0.1, -0.05) is 31.2 Å². The van der Waals surface area contributed by atoms with Crippen molar-refractivity contribution in [1.82, 2.24) is 9.21 Å². The molecule has 0 bridgehead atoms. The summed E-state index contributed by atoms with van der Waals surface area (Å²) < 4.78 is 39.2. The topological polar surface area (TPSA) is 76.2 Å². The number of hydrogen-bond acceptors (Lipinski definition) is 6. The van der Waals surface area contributed by atoms with Crippen LogP contribution in [0.1, 0.15) is 36.3 Å². The number of amides is 1. The van der Waals surface area contributed by atoms with Crippen LogP contribution < -0.4 is 9.47 Å². The highest BCUT2D eigenvalue weighted by atomic mass is 32.2. The lowest BCUT2D eigenvalue weighted by molar-refractivity contribution is -0.133. The van der Waals surface area contributed by atoms with Crippen LogP contribution >= 0.6 is 11.3 Å². The van der Waals surface area contributed by atoms with E-state index in [2.05, 4.69) is 0 Å². The monoisotopic (exact) mass is 514 g/mol. The Labute approximate surface area is 210 Å². The number of nitrogens with zero attached hydrogens (tertiary/aromatic N) is 2. The Morgan fingerprint density at radius 3 is 2.49 bits per heavy atom. The molecule has 4 rings (SSSR count). The maximum Gasteiger partial charge on any atom is 0.243 e. The predicted octanol–water partition coefficient (Wildman–Crippen LogP) is 4.80. The third kappa shape index (κ3) is 5.69. The molecule has 0 aliphatic carbocycles. The number of thiophene rings is 1. The first-order chi connectivity index (χ1) is 16.8. The Kier molecular flexibility index (Phi) is 7.78. The van der Waals surface area contributed by atoms with Crippen LogP contribution in [-0.2, 0) is 27.9 Å². The molecule has 1 aliphatic rings. The molecule has 1 aromatic heterocycles. The fraction of sp³-hybridized carbons (Fsp3) is 0.346. The zero-order chi connectivity index (χ0) is 25.0. The molecule has 0 spiro atoms. The standard InChI is InChI=1S/C26H30N2O5S2/c1-4-20(3)28(35(30,31)22-8-6-5-7-9-22)17-26(29)27(16-25-19(2)12-13-34-25)15-21-10-11-23-24(14-21)33-18-32-23/h5-14,20H,4,15-18H2,1-3H3/t20-/m0/s1. The Morgan fingerprint density at radius 1 is 1.06 bits per heavy atom. The number of hydrogen-bond donors (Lipinski definition) is 0. The van der Waals surface area contributed by atoms with Gasteiger partial charge in [-0.25, -0.2) is 8.42 Å². The average molecular weight is 515 g/mol. The molecule has 1 aliphatic heterocycles. The van der Waals surface area contributed by atoms with Crippen LogP contribution in [0.5, 0.6) is 11.5 Å². The Bertz CT molecular complexity index is 1270. The van der Waals surface area contributed by atoms with Gasteiger partial charge in [0.05, 0.1) is 18.0 Å². The quantitative estimate of drug-likeness (QED) is 0.388. The largest absolute Gasteiger partial charge is 0.454 e. The van der Waals surface area contributed by atoms with Gasteiger partial charge in [-0.15, -0.1) is 11.3 Å². The first-order valence-electron chi connectivity index (χ1n) is 11.6. The van der Waals surface area contributed by atoms with E-state index in [9.17, 15) is 13.2 Å². The molecule has 2 aromatic carbocycles. The van der Waals surface area contributed by atoms with Gasteiger partial charge in [-0.05, 0) is 67.1 Å². The van der Waals surface area contributed by atoms with Crippen molar-refractivity contribution in [3.05, 3.63) is 76.0 Å². The Balaban J connectivity index is 1.62. The van der Waals surface area contributed by atoms with Crippen LogP contribution in [0.3, 0.4) is 0 Å². The van der Waals surface area contributed by atoms with Crippen LogP contribution in [0.25, 0.3) is 0 Å². The molecule has 3 aromatic rings. The smallest absolute Gasteiger partial charge is 0.243 e. The van der Waals surface area contributed by atoms with Crippen LogP contribution in [-0.4, -0.2) is 42.9 Å². The molecule has 0 fully saturated rings. The van der Waals surface area contributed by atoms with Gasteiger partial charge in [-0.2, -0.15) is 4.31 Å². The van der Waals surface area contributed by atoms with E-state index in [1.54, 1.807) is 46.6 Å². The molecule has 0 unspecified atom stereocenters. The van der Waals surface area contributed by atoms with E-state index in [-0.39, 0.29) is 30.2 Å². The lowest BCUT2D eigenvalue weighted by atomic mass is 10.1. The second kappa shape index (κ2) is 10.8. The van der Waals surface area contributed by atoms with Gasteiger partial charge in [0.25, 0.3) is 0 Å². The lowest BCUT2D eigenvalue weighted by Crippen LogP contribution is -2.46. The van der Waals surface area contributed by atoms with Crippen molar-refractivity contribution in [2.75, 3.05) is 13.3 Å². The van der Waals surface area contributed by atoms with Gasteiger partial charge >= 0.3 is 0 Å².